The summed E-state index contributed by atoms with van der Waals surface area (Å²) >= 11 is 0. The van der Waals surface area contributed by atoms with Gasteiger partial charge in [-0.05, 0) is 45.0 Å². The minimum Gasteiger partial charge on any atom is -0.457 e. The van der Waals surface area contributed by atoms with Gasteiger partial charge in [0.15, 0.2) is 12.4 Å². The van der Waals surface area contributed by atoms with Crippen molar-refractivity contribution in [3.05, 3.63) is 46.8 Å². The van der Waals surface area contributed by atoms with Gasteiger partial charge in [-0.25, -0.2) is 0 Å². The number of ether oxygens (including phenoxy) is 1. The molecule has 1 atom stereocenters. The third-order valence-corrected chi connectivity index (χ3v) is 4.46. The molecule has 1 heterocycles. The minimum absolute atomic E-state index is 0.112. The largest absolute Gasteiger partial charge is 0.457 e. The van der Waals surface area contributed by atoms with Gasteiger partial charge in [0.1, 0.15) is 0 Å². The van der Waals surface area contributed by atoms with Crippen LogP contribution >= 0.6 is 0 Å². The second kappa shape index (κ2) is 8.37. The molecule has 1 aromatic carbocycles. The number of carbonyl (C=O) groups excluding carboxylic acids is 3. The maximum Gasteiger partial charge on any atom is 0.313 e. The van der Waals surface area contributed by atoms with Gasteiger partial charge in [0.2, 0.25) is 5.91 Å². The van der Waals surface area contributed by atoms with Gasteiger partial charge in [0.05, 0.1) is 11.6 Å². The lowest BCUT2D eigenvalue weighted by atomic mass is 9.95. The van der Waals surface area contributed by atoms with Crippen molar-refractivity contribution in [1.29, 1.82) is 0 Å². The van der Waals surface area contributed by atoms with Gasteiger partial charge in [0.25, 0.3) is 0 Å². The van der Waals surface area contributed by atoms with E-state index in [1.165, 1.54) is 0 Å². The summed E-state index contributed by atoms with van der Waals surface area (Å²) in [5.41, 5.74) is 2.84. The number of nitrogens with one attached hydrogen (secondary N) is 2. The van der Waals surface area contributed by atoms with Crippen LogP contribution in [0, 0.1) is 19.3 Å². The van der Waals surface area contributed by atoms with Crippen molar-refractivity contribution in [2.75, 3.05) is 11.9 Å². The average Bonchev–Trinajstić information content (AvgIpc) is 2.97. The van der Waals surface area contributed by atoms with E-state index in [-0.39, 0.29) is 18.3 Å². The number of benzene rings is 1. The zero-order valence-electron chi connectivity index (χ0n) is 17.2. The van der Waals surface area contributed by atoms with Crippen LogP contribution in [0.2, 0.25) is 0 Å². The molecule has 0 fully saturated rings. The Balaban J connectivity index is 1.94. The number of anilines is 1. The van der Waals surface area contributed by atoms with Crippen LogP contribution in [0.4, 0.5) is 5.69 Å². The van der Waals surface area contributed by atoms with Crippen molar-refractivity contribution < 1.29 is 19.1 Å². The number of H-pyrrole nitrogens is 1. The zero-order chi connectivity index (χ0) is 21.1. The number of nitrogens with zero attached hydrogens (tertiary/aromatic N) is 1. The number of rotatable bonds is 6. The molecule has 2 N–H and O–H groups in total. The molecule has 0 bridgehead atoms. The summed E-state index contributed by atoms with van der Waals surface area (Å²) in [6.07, 6.45) is 0. The van der Waals surface area contributed by atoms with Crippen LogP contribution < -0.4 is 5.32 Å². The molecule has 28 heavy (non-hydrogen) atoms. The van der Waals surface area contributed by atoms with E-state index in [0.29, 0.717) is 11.3 Å². The summed E-state index contributed by atoms with van der Waals surface area (Å²) < 4.78 is 5.19. The maximum absolute atomic E-state index is 12.3. The second-order valence-electron chi connectivity index (χ2n) is 7.88. The predicted octanol–water partition coefficient (Wildman–Crippen LogP) is 3.54. The SMILES string of the molecule is Cc1n[nH]c(C)c1C(C)C(=O)OCC(=O)c1ccc(NC(=O)C(C)(C)C)cc1. The van der Waals surface area contributed by atoms with E-state index in [1.807, 2.05) is 34.6 Å². The molecule has 1 aromatic heterocycles. The molecule has 0 aliphatic carbocycles. The first-order valence-electron chi connectivity index (χ1n) is 9.13. The van der Waals surface area contributed by atoms with Gasteiger partial charge in [-0.1, -0.05) is 20.8 Å². The van der Waals surface area contributed by atoms with E-state index in [0.717, 1.165) is 17.0 Å². The lowest BCUT2D eigenvalue weighted by Crippen LogP contribution is -2.27. The fourth-order valence-electron chi connectivity index (χ4n) is 2.72. The van der Waals surface area contributed by atoms with Crippen molar-refractivity contribution in [3.8, 4) is 0 Å². The number of ketones is 1. The lowest BCUT2D eigenvalue weighted by molar-refractivity contribution is -0.143. The Hall–Kier alpha value is -2.96. The van der Waals surface area contributed by atoms with E-state index >= 15 is 0 Å². The van der Waals surface area contributed by atoms with Crippen LogP contribution in [0.5, 0.6) is 0 Å². The van der Waals surface area contributed by atoms with Crippen molar-refractivity contribution in [1.82, 2.24) is 10.2 Å². The first-order valence-corrected chi connectivity index (χ1v) is 9.13. The summed E-state index contributed by atoms with van der Waals surface area (Å²) in [6.45, 7) is 10.5. The predicted molar refractivity (Wildman–Crippen MR) is 106 cm³/mol. The number of Topliss-reactive ketones (excluding diaryl/α,β-unsaturated/α-hetero) is 1. The van der Waals surface area contributed by atoms with E-state index in [1.54, 1.807) is 31.2 Å². The third kappa shape index (κ3) is 5.06. The average molecular weight is 385 g/mol. The summed E-state index contributed by atoms with van der Waals surface area (Å²) in [5.74, 6) is -1.41. The molecule has 0 aliphatic heterocycles. The van der Waals surface area contributed by atoms with Crippen LogP contribution in [-0.4, -0.2) is 34.5 Å². The van der Waals surface area contributed by atoms with E-state index < -0.39 is 17.3 Å². The molecule has 2 rings (SSSR count). The van der Waals surface area contributed by atoms with E-state index in [2.05, 4.69) is 15.5 Å². The van der Waals surface area contributed by atoms with Crippen molar-refractivity contribution in [2.45, 2.75) is 47.5 Å². The van der Waals surface area contributed by atoms with Crippen LogP contribution in [-0.2, 0) is 14.3 Å². The Bertz CT molecular complexity index is 857. The molecule has 150 valence electrons. The molecule has 7 heteroatoms. The lowest BCUT2D eigenvalue weighted by Gasteiger charge is -2.17. The monoisotopic (exact) mass is 385 g/mol. The molecule has 0 aliphatic rings. The Morgan fingerprint density at radius 3 is 2.25 bits per heavy atom. The number of carbonyl (C=O) groups is 3. The zero-order valence-corrected chi connectivity index (χ0v) is 17.2. The summed E-state index contributed by atoms with van der Waals surface area (Å²) in [5, 5.41) is 9.71. The fraction of sp³-hybridized carbons (Fsp3) is 0.429. The van der Waals surface area contributed by atoms with Crippen LogP contribution in [0.1, 0.15) is 60.9 Å². The maximum atomic E-state index is 12.3. The molecule has 2 aromatic rings. The fourth-order valence-corrected chi connectivity index (χ4v) is 2.72. The number of esters is 1. The van der Waals surface area contributed by atoms with Gasteiger partial charge in [-0.15, -0.1) is 0 Å². The van der Waals surface area contributed by atoms with E-state index in [9.17, 15) is 14.4 Å². The molecule has 0 radical (unpaired) electrons. The van der Waals surface area contributed by atoms with Gasteiger partial charge in [-0.2, -0.15) is 5.10 Å². The highest BCUT2D eigenvalue weighted by Gasteiger charge is 2.24. The number of amides is 1. The number of aromatic amines is 1. The number of aromatic nitrogens is 2. The smallest absolute Gasteiger partial charge is 0.313 e. The second-order valence-corrected chi connectivity index (χ2v) is 7.88. The minimum atomic E-state index is -0.512. The van der Waals surface area contributed by atoms with Crippen LogP contribution in [0.3, 0.4) is 0 Å². The van der Waals surface area contributed by atoms with Gasteiger partial charge in [0, 0.05) is 27.9 Å². The molecular formula is C21H27N3O4. The normalized spacial score (nSPS) is 12.4. The summed E-state index contributed by atoms with van der Waals surface area (Å²) in [4.78, 5) is 36.6. The Labute approximate surface area is 164 Å². The van der Waals surface area contributed by atoms with Crippen LogP contribution in [0.25, 0.3) is 0 Å². The van der Waals surface area contributed by atoms with Gasteiger partial charge >= 0.3 is 5.97 Å². The molecule has 0 spiro atoms. The highest BCUT2D eigenvalue weighted by molar-refractivity contribution is 5.99. The molecule has 0 saturated heterocycles. The topological polar surface area (TPSA) is 101 Å². The quantitative estimate of drug-likeness (QED) is 0.585. The van der Waals surface area contributed by atoms with Crippen molar-refractivity contribution in [2.24, 2.45) is 5.41 Å². The van der Waals surface area contributed by atoms with Crippen molar-refractivity contribution >= 4 is 23.3 Å². The molecule has 1 unspecified atom stereocenters. The Morgan fingerprint density at radius 2 is 1.75 bits per heavy atom. The number of hydrogen-bond acceptors (Lipinski definition) is 5. The Kier molecular flexibility index (Phi) is 6.38. The summed E-state index contributed by atoms with van der Waals surface area (Å²) in [6, 6.07) is 6.50. The first-order chi connectivity index (χ1) is 13.0. The highest BCUT2D eigenvalue weighted by atomic mass is 16.5. The third-order valence-electron chi connectivity index (χ3n) is 4.46. The van der Waals surface area contributed by atoms with Gasteiger partial charge < -0.3 is 10.1 Å². The summed E-state index contributed by atoms with van der Waals surface area (Å²) in [7, 11) is 0. The van der Waals surface area contributed by atoms with Gasteiger partial charge in [-0.3, -0.25) is 19.5 Å². The molecule has 1 amide bonds. The molecule has 0 saturated carbocycles. The standard InChI is InChI=1S/C21H27N3O4/c1-12(18-13(2)23-24-14(18)3)19(26)28-11-17(25)15-7-9-16(10-8-15)22-20(27)21(4,5)6/h7-10,12H,11H2,1-6H3,(H,22,27)(H,23,24). The first kappa shape index (κ1) is 21.3. The Morgan fingerprint density at radius 1 is 1.14 bits per heavy atom. The highest BCUT2D eigenvalue weighted by Crippen LogP contribution is 2.23. The van der Waals surface area contributed by atoms with Crippen molar-refractivity contribution in [3.63, 3.8) is 0 Å². The van der Waals surface area contributed by atoms with Crippen LogP contribution in [0.15, 0.2) is 24.3 Å². The number of hydrogen-bond donors (Lipinski definition) is 2. The molecular weight excluding hydrogens is 358 g/mol. The molecule has 7 nitrogen and oxygen atoms in total. The van der Waals surface area contributed by atoms with E-state index in [4.69, 9.17) is 4.74 Å². The number of aryl methyl sites for hydroxylation is 2.